The van der Waals surface area contributed by atoms with Gasteiger partial charge in [0.1, 0.15) is 11.1 Å². The number of nitrogens with zero attached hydrogens (tertiary/aromatic N) is 4. The number of hydrogen-bond donors (Lipinski definition) is 3. The molecule has 7 rings (SSSR count). The molecule has 0 saturated carbocycles. The monoisotopic (exact) mass is 820 g/mol. The number of fused-ring (bicyclic) bond motifs is 1. The zero-order chi connectivity index (χ0) is 41.2. The number of anilines is 1. The Morgan fingerprint density at radius 1 is 1.09 bits per heavy atom. The lowest BCUT2D eigenvalue weighted by atomic mass is 9.58. The summed E-state index contributed by atoms with van der Waals surface area (Å²) in [6, 6.07) is 13.9. The van der Waals surface area contributed by atoms with Crippen molar-refractivity contribution in [2.24, 2.45) is 17.8 Å². The maximum Gasteiger partial charge on any atom is 0.407 e. The van der Waals surface area contributed by atoms with Crippen LogP contribution in [0, 0.1) is 23.6 Å². The van der Waals surface area contributed by atoms with Gasteiger partial charge in [0, 0.05) is 80.9 Å². The molecule has 316 valence electrons. The average molecular weight is 821 g/mol. The maximum absolute atomic E-state index is 15.1. The molecule has 4 aliphatic heterocycles. The minimum Gasteiger partial charge on any atom is -0.453 e. The maximum atomic E-state index is 15.1. The van der Waals surface area contributed by atoms with Crippen LogP contribution in [0.25, 0.3) is 0 Å². The zero-order valence-corrected chi connectivity index (χ0v) is 35.2. The van der Waals surface area contributed by atoms with Gasteiger partial charge in [-0.25, -0.2) is 17.6 Å². The van der Waals surface area contributed by atoms with Gasteiger partial charge in [0.2, 0.25) is 5.91 Å². The predicted molar refractivity (Wildman–Crippen MR) is 223 cm³/mol. The summed E-state index contributed by atoms with van der Waals surface area (Å²) in [5, 5.41) is 17.4. The Balaban J connectivity index is 0.972. The van der Waals surface area contributed by atoms with Gasteiger partial charge in [0.05, 0.1) is 17.6 Å². The number of alkyl carbamates (subject to hydrolysis) is 1. The third kappa shape index (κ3) is 9.16. The van der Waals surface area contributed by atoms with Crippen molar-refractivity contribution in [1.29, 1.82) is 0 Å². The molecule has 2 aromatic carbocycles. The van der Waals surface area contributed by atoms with E-state index in [0.29, 0.717) is 49.7 Å². The number of sulfone groups is 1. The van der Waals surface area contributed by atoms with Crippen molar-refractivity contribution in [3.63, 3.8) is 0 Å². The average Bonchev–Trinajstić information content (AvgIpc) is 3.52. The highest BCUT2D eigenvalue weighted by molar-refractivity contribution is 7.92. The Hall–Kier alpha value is -3.82. The molecule has 12 nitrogen and oxygen atoms in total. The summed E-state index contributed by atoms with van der Waals surface area (Å²) in [7, 11) is 1.68. The summed E-state index contributed by atoms with van der Waals surface area (Å²) in [6.07, 6.45) is 8.64. The number of carbonyl (C=O) groups excluding carboxylic acids is 2. The molecular weight excluding hydrogens is 760 g/mol. The molecule has 1 unspecified atom stereocenters. The molecule has 5 aliphatic rings. The molecule has 3 saturated heterocycles. The Labute approximate surface area is 343 Å². The van der Waals surface area contributed by atoms with E-state index in [4.69, 9.17) is 4.74 Å². The lowest BCUT2D eigenvalue weighted by Crippen LogP contribution is -2.58. The minimum atomic E-state index is -3.54. The van der Waals surface area contributed by atoms with E-state index >= 15 is 4.39 Å². The van der Waals surface area contributed by atoms with Crippen LogP contribution in [0.3, 0.4) is 0 Å². The zero-order valence-electron chi connectivity index (χ0n) is 34.4. The van der Waals surface area contributed by atoms with Crippen molar-refractivity contribution < 1.29 is 32.2 Å². The van der Waals surface area contributed by atoms with Crippen molar-refractivity contribution in [1.82, 2.24) is 25.3 Å². The fourth-order valence-corrected chi connectivity index (χ4v) is 11.8. The van der Waals surface area contributed by atoms with Gasteiger partial charge >= 0.3 is 6.09 Å². The normalized spacial score (nSPS) is 27.9. The van der Waals surface area contributed by atoms with Crippen LogP contribution in [-0.2, 0) is 24.8 Å². The first-order valence-corrected chi connectivity index (χ1v) is 22.4. The van der Waals surface area contributed by atoms with Crippen LogP contribution >= 0.6 is 0 Å². The van der Waals surface area contributed by atoms with Crippen LogP contribution < -0.4 is 15.5 Å². The van der Waals surface area contributed by atoms with Crippen molar-refractivity contribution in [2.75, 3.05) is 91.6 Å². The standard InChI is InChI=1S/C44H61FN6O6S/c1-43(54)16-17-46-30-44(34-7-5-8-35(45)23-34,39-21-31(24-43)22-40(39)47-42(53)57-4)33-14-19-49(20-15-33)25-32-26-50(27-32)36-10-12-37(13-11-36)58(55,56)38-28-51(29-38)41(52)9-6-18-48(2)3/h5-13,21,23,32-33,38-40,46,54H,14-20,22,24-30H2,1-4H3,(H,47,53)/b9-6+/t39-,40-,43?,44-/m0/s1. The van der Waals surface area contributed by atoms with E-state index < -0.39 is 32.2 Å². The Bertz CT molecular complexity index is 1950. The van der Waals surface area contributed by atoms with E-state index in [2.05, 4.69) is 26.5 Å². The van der Waals surface area contributed by atoms with Crippen molar-refractivity contribution in [3.05, 3.63) is 83.7 Å². The van der Waals surface area contributed by atoms with Crippen LogP contribution in [0.1, 0.15) is 44.6 Å². The van der Waals surface area contributed by atoms with Gasteiger partial charge in [0.25, 0.3) is 0 Å². The lowest BCUT2D eigenvalue weighted by molar-refractivity contribution is -0.129. The fourth-order valence-electron chi connectivity index (χ4n) is 10.1. The van der Waals surface area contributed by atoms with E-state index in [1.807, 2.05) is 44.1 Å². The Morgan fingerprint density at radius 3 is 2.48 bits per heavy atom. The first-order chi connectivity index (χ1) is 27.7. The molecule has 4 heterocycles. The summed E-state index contributed by atoms with van der Waals surface area (Å²) >= 11 is 0. The number of benzene rings is 2. The highest BCUT2D eigenvalue weighted by Gasteiger charge is 2.52. The third-order valence-electron chi connectivity index (χ3n) is 13.3. The summed E-state index contributed by atoms with van der Waals surface area (Å²) in [4.78, 5) is 33.7. The fraction of sp³-hybridized carbons (Fsp3) is 0.591. The van der Waals surface area contributed by atoms with Crippen molar-refractivity contribution in [3.8, 4) is 0 Å². The molecule has 0 spiro atoms. The molecule has 0 radical (unpaired) electrons. The molecule has 2 bridgehead atoms. The van der Waals surface area contributed by atoms with E-state index in [0.717, 1.165) is 62.4 Å². The number of ether oxygens (including phenoxy) is 1. The Kier molecular flexibility index (Phi) is 12.7. The number of carbonyl (C=O) groups is 2. The van der Waals surface area contributed by atoms with Gasteiger partial charge in [-0.1, -0.05) is 29.9 Å². The van der Waals surface area contributed by atoms with Crippen LogP contribution in [0.4, 0.5) is 14.9 Å². The number of methoxy groups -OCH3 is 1. The number of piperidine rings is 1. The highest BCUT2D eigenvalue weighted by atomic mass is 32.2. The molecule has 0 aromatic heterocycles. The van der Waals surface area contributed by atoms with E-state index in [1.165, 1.54) is 19.3 Å². The van der Waals surface area contributed by atoms with Crippen LogP contribution in [-0.4, -0.2) is 144 Å². The summed E-state index contributed by atoms with van der Waals surface area (Å²) < 4.78 is 46.8. The molecule has 58 heavy (non-hydrogen) atoms. The van der Waals surface area contributed by atoms with Crippen molar-refractivity contribution in [2.45, 2.75) is 66.2 Å². The second-order valence-corrected chi connectivity index (χ2v) is 20.1. The highest BCUT2D eigenvalue weighted by Crippen LogP contribution is 2.51. The number of rotatable bonds is 11. The molecule has 1 aliphatic carbocycles. The Morgan fingerprint density at radius 2 is 1.81 bits per heavy atom. The largest absolute Gasteiger partial charge is 0.453 e. The topological polar surface area (TPSA) is 135 Å². The number of amides is 2. The van der Waals surface area contributed by atoms with E-state index in [1.54, 1.807) is 35.2 Å². The lowest BCUT2D eigenvalue weighted by Gasteiger charge is -2.51. The molecule has 3 N–H and O–H groups in total. The van der Waals surface area contributed by atoms with Gasteiger partial charge in [-0.15, -0.1) is 0 Å². The van der Waals surface area contributed by atoms with Gasteiger partial charge < -0.3 is 40.1 Å². The van der Waals surface area contributed by atoms with Crippen LogP contribution in [0.15, 0.2) is 77.2 Å². The van der Waals surface area contributed by atoms with Gasteiger partial charge in [-0.2, -0.15) is 0 Å². The molecule has 2 amide bonds. The van der Waals surface area contributed by atoms with Gasteiger partial charge in [-0.05, 0) is 121 Å². The number of nitrogens with one attached hydrogen (secondary N) is 2. The molecule has 2 aromatic rings. The number of hydrogen-bond acceptors (Lipinski definition) is 10. The second-order valence-electron chi connectivity index (χ2n) is 17.9. The van der Waals surface area contributed by atoms with Crippen LogP contribution in [0.5, 0.6) is 0 Å². The quantitative estimate of drug-likeness (QED) is 0.227. The van der Waals surface area contributed by atoms with E-state index in [9.17, 15) is 23.1 Å². The molecule has 3 fully saturated rings. The third-order valence-corrected chi connectivity index (χ3v) is 15.4. The van der Waals surface area contributed by atoms with Crippen LogP contribution in [0.2, 0.25) is 0 Å². The second kappa shape index (κ2) is 17.4. The number of likely N-dealkylation sites (N-methyl/N-ethyl adjacent to an activating group) is 1. The molecule has 4 atom stereocenters. The minimum absolute atomic E-state index is 0.129. The summed E-state index contributed by atoms with van der Waals surface area (Å²) in [5.41, 5.74) is 1.68. The first-order valence-electron chi connectivity index (χ1n) is 20.8. The smallest absolute Gasteiger partial charge is 0.407 e. The molecular formula is C44H61FN6O6S. The predicted octanol–water partition coefficient (Wildman–Crippen LogP) is 3.82. The first kappa shape index (κ1) is 42.3. The number of likely N-dealkylation sites (tertiary alicyclic amines) is 2. The summed E-state index contributed by atoms with van der Waals surface area (Å²) in [5.74, 6) is 0.134. The summed E-state index contributed by atoms with van der Waals surface area (Å²) in [6.45, 7) is 8.74. The SMILES string of the molecule is COC(=O)N[C@H]1CC2=C[C@@H]1[C@](c1cccc(F)c1)(C1CCN(CC3CN(c4ccc(S(=O)(=O)C5CN(C(=O)/C=C/CN(C)C)C5)cc4)C3)CC1)CNCCC(C)(O)C2. The number of aliphatic hydroxyl groups is 1. The van der Waals surface area contributed by atoms with Crippen molar-refractivity contribution >= 4 is 27.5 Å². The van der Waals surface area contributed by atoms with Gasteiger partial charge in [-0.3, -0.25) is 4.79 Å². The number of halogens is 1. The molecule has 14 heteroatoms. The van der Waals surface area contributed by atoms with E-state index in [-0.39, 0.29) is 42.7 Å². The van der Waals surface area contributed by atoms with Gasteiger partial charge in [0.15, 0.2) is 9.84 Å².